The Labute approximate surface area is 134 Å². The molecule has 6 heteroatoms. The highest BCUT2D eigenvalue weighted by Gasteiger charge is 2.05. The number of rotatable bonds is 6. The number of hydrazone groups is 1. The summed E-state index contributed by atoms with van der Waals surface area (Å²) in [5, 5.41) is 13.7. The quantitative estimate of drug-likeness (QED) is 0.633. The second-order valence-corrected chi connectivity index (χ2v) is 4.71. The number of benzene rings is 2. The number of nitrogens with zero attached hydrogens (tertiary/aromatic N) is 1. The second-order valence-electron chi connectivity index (χ2n) is 4.71. The maximum atomic E-state index is 11.7. The first-order valence-electron chi connectivity index (χ1n) is 6.98. The van der Waals surface area contributed by atoms with Crippen molar-refractivity contribution in [3.63, 3.8) is 0 Å². The van der Waals surface area contributed by atoms with Gasteiger partial charge in [0.25, 0.3) is 5.91 Å². The van der Waals surface area contributed by atoms with Gasteiger partial charge in [-0.1, -0.05) is 12.1 Å². The standard InChI is InChI=1S/C17H18N2O4/c1-12(15-5-3-4-6-16(15)20)18-19-17(21)11-23-14-9-7-13(22-2)8-10-14/h3-10,20H,11H2,1-2H3,(H,19,21)/b18-12-. The number of hydrogen-bond donors (Lipinski definition) is 2. The van der Waals surface area contributed by atoms with Crippen LogP contribution in [0.3, 0.4) is 0 Å². The highest BCUT2D eigenvalue weighted by Crippen LogP contribution is 2.17. The lowest BCUT2D eigenvalue weighted by molar-refractivity contribution is -0.123. The van der Waals surface area contributed by atoms with E-state index in [2.05, 4.69) is 10.5 Å². The summed E-state index contributed by atoms with van der Waals surface area (Å²) in [6, 6.07) is 13.7. The van der Waals surface area contributed by atoms with Gasteiger partial charge in [0.1, 0.15) is 17.2 Å². The molecule has 0 fully saturated rings. The van der Waals surface area contributed by atoms with Gasteiger partial charge in [0.15, 0.2) is 6.61 Å². The fraction of sp³-hybridized carbons (Fsp3) is 0.176. The van der Waals surface area contributed by atoms with Crippen molar-refractivity contribution in [1.82, 2.24) is 5.43 Å². The van der Waals surface area contributed by atoms with Crippen molar-refractivity contribution in [3.05, 3.63) is 54.1 Å². The lowest BCUT2D eigenvalue weighted by Crippen LogP contribution is -2.25. The van der Waals surface area contributed by atoms with Gasteiger partial charge < -0.3 is 14.6 Å². The number of hydrogen-bond acceptors (Lipinski definition) is 5. The van der Waals surface area contributed by atoms with E-state index in [-0.39, 0.29) is 12.4 Å². The average molecular weight is 314 g/mol. The smallest absolute Gasteiger partial charge is 0.277 e. The summed E-state index contributed by atoms with van der Waals surface area (Å²) in [4.78, 5) is 11.7. The Morgan fingerprint density at radius 3 is 2.43 bits per heavy atom. The molecule has 120 valence electrons. The zero-order valence-electron chi connectivity index (χ0n) is 12.9. The first kappa shape index (κ1) is 16.4. The number of para-hydroxylation sites is 1. The molecule has 0 saturated heterocycles. The van der Waals surface area contributed by atoms with E-state index >= 15 is 0 Å². The van der Waals surface area contributed by atoms with E-state index in [1.54, 1.807) is 62.6 Å². The molecule has 1 amide bonds. The number of methoxy groups -OCH3 is 1. The van der Waals surface area contributed by atoms with E-state index in [0.29, 0.717) is 22.8 Å². The molecule has 0 aliphatic heterocycles. The van der Waals surface area contributed by atoms with Crippen molar-refractivity contribution in [1.29, 1.82) is 0 Å². The van der Waals surface area contributed by atoms with Crippen LogP contribution in [0.5, 0.6) is 17.2 Å². The number of nitrogens with one attached hydrogen (secondary N) is 1. The molecule has 2 aromatic rings. The lowest BCUT2D eigenvalue weighted by atomic mass is 10.1. The summed E-state index contributed by atoms with van der Waals surface area (Å²) in [7, 11) is 1.58. The minimum absolute atomic E-state index is 0.109. The fourth-order valence-corrected chi connectivity index (χ4v) is 1.84. The Morgan fingerprint density at radius 1 is 1.13 bits per heavy atom. The van der Waals surface area contributed by atoms with Gasteiger partial charge >= 0.3 is 0 Å². The molecule has 0 spiro atoms. The van der Waals surface area contributed by atoms with E-state index in [9.17, 15) is 9.90 Å². The van der Waals surface area contributed by atoms with Gasteiger partial charge in [-0.05, 0) is 43.3 Å². The molecular formula is C17H18N2O4. The monoisotopic (exact) mass is 314 g/mol. The minimum Gasteiger partial charge on any atom is -0.507 e. The van der Waals surface area contributed by atoms with Crippen LogP contribution in [0.25, 0.3) is 0 Å². The van der Waals surface area contributed by atoms with Crippen LogP contribution in [0.4, 0.5) is 0 Å². The van der Waals surface area contributed by atoms with Crippen LogP contribution in [0.1, 0.15) is 12.5 Å². The van der Waals surface area contributed by atoms with Crippen molar-refractivity contribution in [2.75, 3.05) is 13.7 Å². The third kappa shape index (κ3) is 4.74. The largest absolute Gasteiger partial charge is 0.507 e. The first-order chi connectivity index (χ1) is 11.1. The molecule has 6 nitrogen and oxygen atoms in total. The number of aromatic hydroxyl groups is 1. The van der Waals surface area contributed by atoms with Gasteiger partial charge in [0.05, 0.1) is 12.8 Å². The Morgan fingerprint density at radius 2 is 1.78 bits per heavy atom. The van der Waals surface area contributed by atoms with Crippen LogP contribution in [-0.2, 0) is 4.79 Å². The summed E-state index contributed by atoms with van der Waals surface area (Å²) in [5.74, 6) is 0.986. The summed E-state index contributed by atoms with van der Waals surface area (Å²) in [6.07, 6.45) is 0. The number of carbonyl (C=O) groups excluding carboxylic acids is 1. The highest BCUT2D eigenvalue weighted by molar-refractivity contribution is 6.01. The van der Waals surface area contributed by atoms with Gasteiger partial charge in [-0.3, -0.25) is 4.79 Å². The molecular weight excluding hydrogens is 296 g/mol. The van der Waals surface area contributed by atoms with Crippen LogP contribution in [0.2, 0.25) is 0 Å². The number of carbonyl (C=O) groups is 1. The molecule has 2 aromatic carbocycles. The average Bonchev–Trinajstić information content (AvgIpc) is 2.58. The van der Waals surface area contributed by atoms with Gasteiger partial charge in [0.2, 0.25) is 0 Å². The summed E-state index contributed by atoms with van der Waals surface area (Å²) in [5.41, 5.74) is 3.45. The SMILES string of the molecule is COc1ccc(OCC(=O)N/N=C(/C)c2ccccc2O)cc1. The second kappa shape index (κ2) is 7.84. The van der Waals surface area contributed by atoms with Crippen molar-refractivity contribution in [2.24, 2.45) is 5.10 Å². The highest BCUT2D eigenvalue weighted by atomic mass is 16.5. The van der Waals surface area contributed by atoms with E-state index in [4.69, 9.17) is 9.47 Å². The van der Waals surface area contributed by atoms with E-state index in [1.165, 1.54) is 0 Å². The molecule has 0 heterocycles. The molecule has 2 rings (SSSR count). The van der Waals surface area contributed by atoms with Gasteiger partial charge in [-0.2, -0.15) is 5.10 Å². The summed E-state index contributed by atoms with van der Waals surface area (Å²) in [6.45, 7) is 1.53. The molecule has 0 saturated carbocycles. The molecule has 0 aliphatic carbocycles. The van der Waals surface area contributed by atoms with Crippen molar-refractivity contribution < 1.29 is 19.4 Å². The van der Waals surface area contributed by atoms with Gasteiger partial charge in [-0.15, -0.1) is 0 Å². The molecule has 0 bridgehead atoms. The Bertz CT molecular complexity index is 696. The normalized spacial score (nSPS) is 11.0. The zero-order valence-corrected chi connectivity index (χ0v) is 12.9. The van der Waals surface area contributed by atoms with Crippen molar-refractivity contribution in [3.8, 4) is 17.2 Å². The van der Waals surface area contributed by atoms with Crippen LogP contribution < -0.4 is 14.9 Å². The molecule has 0 aromatic heterocycles. The van der Waals surface area contributed by atoms with Crippen LogP contribution in [0.15, 0.2) is 53.6 Å². The first-order valence-corrected chi connectivity index (χ1v) is 6.98. The number of phenols is 1. The Balaban J connectivity index is 1.87. The fourth-order valence-electron chi connectivity index (χ4n) is 1.84. The topological polar surface area (TPSA) is 80.2 Å². The van der Waals surface area contributed by atoms with Gasteiger partial charge in [0, 0.05) is 5.56 Å². The maximum Gasteiger partial charge on any atom is 0.277 e. The number of phenolic OH excluding ortho intramolecular Hbond substituents is 1. The van der Waals surface area contributed by atoms with E-state index < -0.39 is 5.91 Å². The third-order valence-electron chi connectivity index (χ3n) is 3.07. The van der Waals surface area contributed by atoms with Crippen molar-refractivity contribution in [2.45, 2.75) is 6.92 Å². The Kier molecular flexibility index (Phi) is 5.57. The van der Waals surface area contributed by atoms with Crippen LogP contribution >= 0.6 is 0 Å². The summed E-state index contributed by atoms with van der Waals surface area (Å²) >= 11 is 0. The molecule has 23 heavy (non-hydrogen) atoms. The number of ether oxygens (including phenoxy) is 2. The summed E-state index contributed by atoms with van der Waals surface area (Å²) < 4.78 is 10.4. The van der Waals surface area contributed by atoms with E-state index in [0.717, 1.165) is 0 Å². The molecule has 0 radical (unpaired) electrons. The third-order valence-corrected chi connectivity index (χ3v) is 3.07. The minimum atomic E-state index is -0.393. The van der Waals surface area contributed by atoms with Gasteiger partial charge in [-0.25, -0.2) is 5.43 Å². The van der Waals surface area contributed by atoms with Crippen LogP contribution in [-0.4, -0.2) is 30.4 Å². The predicted molar refractivity (Wildman–Crippen MR) is 86.9 cm³/mol. The van der Waals surface area contributed by atoms with Crippen molar-refractivity contribution >= 4 is 11.6 Å². The molecule has 2 N–H and O–H groups in total. The molecule has 0 unspecified atom stereocenters. The Hall–Kier alpha value is -3.02. The maximum absolute atomic E-state index is 11.7. The van der Waals surface area contributed by atoms with Crippen LogP contribution in [0, 0.1) is 0 Å². The molecule has 0 aliphatic rings. The van der Waals surface area contributed by atoms with E-state index in [1.807, 2.05) is 0 Å². The zero-order chi connectivity index (χ0) is 16.7. The number of amides is 1. The lowest BCUT2D eigenvalue weighted by Gasteiger charge is -2.07. The molecule has 0 atom stereocenters. The predicted octanol–water partition coefficient (Wildman–Crippen LogP) is 2.32.